The summed E-state index contributed by atoms with van der Waals surface area (Å²) in [6, 6.07) is 9.30. The van der Waals surface area contributed by atoms with E-state index in [2.05, 4.69) is 10.4 Å². The molecule has 0 spiro atoms. The summed E-state index contributed by atoms with van der Waals surface area (Å²) in [5.74, 6) is 1.20. The van der Waals surface area contributed by atoms with Crippen molar-refractivity contribution < 1.29 is 14.3 Å². The maximum atomic E-state index is 12.2. The molecule has 2 aromatic rings. The minimum Gasteiger partial charge on any atom is -0.497 e. The molecule has 0 unspecified atom stereocenters. The monoisotopic (exact) mass is 328 g/mol. The molecule has 7 nitrogen and oxygen atoms in total. The largest absolute Gasteiger partial charge is 0.497 e. The smallest absolute Gasteiger partial charge is 0.240 e. The Hall–Kier alpha value is -2.83. The van der Waals surface area contributed by atoms with E-state index in [0.29, 0.717) is 25.3 Å². The average Bonchev–Trinajstić information content (AvgIpc) is 2.97. The summed E-state index contributed by atoms with van der Waals surface area (Å²) in [5.41, 5.74) is 1.80. The van der Waals surface area contributed by atoms with Gasteiger partial charge >= 0.3 is 0 Å². The van der Waals surface area contributed by atoms with E-state index < -0.39 is 0 Å². The van der Waals surface area contributed by atoms with Crippen molar-refractivity contribution in [2.45, 2.75) is 26.4 Å². The van der Waals surface area contributed by atoms with Gasteiger partial charge in [-0.3, -0.25) is 14.5 Å². The number of anilines is 1. The summed E-state index contributed by atoms with van der Waals surface area (Å²) in [4.78, 5) is 25.8. The molecule has 0 fully saturated rings. The molecule has 1 aromatic carbocycles. The summed E-state index contributed by atoms with van der Waals surface area (Å²) in [5, 5.41) is 7.17. The topological polar surface area (TPSA) is 76.5 Å². The van der Waals surface area contributed by atoms with E-state index in [1.54, 1.807) is 11.8 Å². The maximum Gasteiger partial charge on any atom is 0.240 e. The fraction of sp³-hybridized carbons (Fsp3) is 0.353. The third-order valence-electron chi connectivity index (χ3n) is 3.95. The zero-order chi connectivity index (χ0) is 17.1. The van der Waals surface area contributed by atoms with Crippen molar-refractivity contribution in [3.05, 3.63) is 41.6 Å². The van der Waals surface area contributed by atoms with E-state index in [-0.39, 0.29) is 18.4 Å². The lowest BCUT2D eigenvalue weighted by molar-refractivity contribution is -0.124. The number of aryl methyl sites for hydroxylation is 2. The van der Waals surface area contributed by atoms with E-state index >= 15 is 0 Å². The van der Waals surface area contributed by atoms with Crippen LogP contribution >= 0.6 is 0 Å². The standard InChI is InChI=1S/C17H20N4O3/c1-12-9-16-20(17(23)7-8-21(16)19-12)11-15(22)18-10-13-3-5-14(24-2)6-4-13/h3-6,9H,7-8,10-11H2,1-2H3,(H,18,22). The highest BCUT2D eigenvalue weighted by atomic mass is 16.5. The SMILES string of the molecule is COc1ccc(CNC(=O)CN2C(=O)CCn3nc(C)cc32)cc1. The minimum atomic E-state index is -0.202. The first-order valence-corrected chi connectivity index (χ1v) is 7.81. The normalized spacial score (nSPS) is 13.6. The third kappa shape index (κ3) is 3.40. The highest BCUT2D eigenvalue weighted by Gasteiger charge is 2.27. The van der Waals surface area contributed by atoms with Gasteiger partial charge < -0.3 is 10.1 Å². The van der Waals surface area contributed by atoms with Gasteiger partial charge in [0.2, 0.25) is 11.8 Å². The Balaban J connectivity index is 1.61. The van der Waals surface area contributed by atoms with Gasteiger partial charge in [-0.1, -0.05) is 12.1 Å². The van der Waals surface area contributed by atoms with Crippen LogP contribution in [0.4, 0.5) is 5.82 Å². The van der Waals surface area contributed by atoms with Crippen LogP contribution in [-0.4, -0.2) is 35.2 Å². The molecule has 0 aliphatic carbocycles. The number of nitrogens with zero attached hydrogens (tertiary/aromatic N) is 3. The number of methoxy groups -OCH3 is 1. The van der Waals surface area contributed by atoms with Crippen LogP contribution in [0.2, 0.25) is 0 Å². The van der Waals surface area contributed by atoms with Crippen molar-refractivity contribution in [3.8, 4) is 5.75 Å². The maximum absolute atomic E-state index is 12.2. The lowest BCUT2D eigenvalue weighted by Gasteiger charge is -2.26. The number of benzene rings is 1. The Bertz CT molecular complexity index is 752. The van der Waals surface area contributed by atoms with Crippen molar-refractivity contribution in [1.29, 1.82) is 0 Å². The molecule has 0 atom stereocenters. The van der Waals surface area contributed by atoms with Crippen LogP contribution in [-0.2, 0) is 22.7 Å². The van der Waals surface area contributed by atoms with Gasteiger partial charge in [0.1, 0.15) is 18.1 Å². The number of hydrogen-bond acceptors (Lipinski definition) is 4. The molecule has 1 aliphatic heterocycles. The fourth-order valence-electron chi connectivity index (χ4n) is 2.69. The molecule has 2 amide bonds. The Kier molecular flexibility index (Phi) is 4.50. The van der Waals surface area contributed by atoms with Crippen molar-refractivity contribution in [1.82, 2.24) is 15.1 Å². The number of nitrogens with one attached hydrogen (secondary N) is 1. The number of aromatic nitrogens is 2. The molecule has 3 rings (SSSR count). The first kappa shape index (κ1) is 16.0. The van der Waals surface area contributed by atoms with Crippen LogP contribution in [0, 0.1) is 6.92 Å². The molecule has 0 radical (unpaired) electrons. The average molecular weight is 328 g/mol. The minimum absolute atomic E-state index is 0.000120. The van der Waals surface area contributed by atoms with E-state index in [0.717, 1.165) is 17.0 Å². The molecule has 1 aromatic heterocycles. The van der Waals surface area contributed by atoms with Gasteiger partial charge in [-0.25, -0.2) is 4.68 Å². The van der Waals surface area contributed by atoms with Crippen molar-refractivity contribution in [2.75, 3.05) is 18.6 Å². The molecular weight excluding hydrogens is 308 g/mol. The predicted molar refractivity (Wildman–Crippen MR) is 88.8 cm³/mol. The Labute approximate surface area is 140 Å². The molecule has 2 heterocycles. The number of carbonyl (C=O) groups is 2. The molecule has 0 saturated carbocycles. The first-order valence-electron chi connectivity index (χ1n) is 7.81. The zero-order valence-electron chi connectivity index (χ0n) is 13.8. The van der Waals surface area contributed by atoms with Crippen LogP contribution in [0.15, 0.2) is 30.3 Å². The number of rotatable bonds is 5. The second-order valence-corrected chi connectivity index (χ2v) is 5.72. The molecule has 1 N–H and O–H groups in total. The summed E-state index contributed by atoms with van der Waals surface area (Å²) < 4.78 is 6.87. The molecule has 0 saturated heterocycles. The van der Waals surface area contributed by atoms with Gasteiger partial charge in [0.25, 0.3) is 0 Å². The number of fused-ring (bicyclic) bond motifs is 1. The number of ether oxygens (including phenoxy) is 1. The van der Waals surface area contributed by atoms with Crippen LogP contribution in [0.3, 0.4) is 0 Å². The van der Waals surface area contributed by atoms with Crippen LogP contribution in [0.1, 0.15) is 17.7 Å². The third-order valence-corrected chi connectivity index (χ3v) is 3.95. The highest BCUT2D eigenvalue weighted by molar-refractivity contribution is 5.98. The van der Waals surface area contributed by atoms with E-state index in [1.165, 1.54) is 4.90 Å². The summed E-state index contributed by atoms with van der Waals surface area (Å²) in [7, 11) is 1.61. The molecule has 7 heteroatoms. The molecule has 24 heavy (non-hydrogen) atoms. The van der Waals surface area contributed by atoms with Crippen LogP contribution < -0.4 is 15.0 Å². The van der Waals surface area contributed by atoms with Gasteiger partial charge in [-0.15, -0.1) is 0 Å². The van der Waals surface area contributed by atoms with Gasteiger partial charge in [-0.05, 0) is 24.6 Å². The quantitative estimate of drug-likeness (QED) is 0.896. The lowest BCUT2D eigenvalue weighted by Crippen LogP contribution is -2.44. The molecule has 0 bridgehead atoms. The second-order valence-electron chi connectivity index (χ2n) is 5.72. The fourth-order valence-corrected chi connectivity index (χ4v) is 2.69. The summed E-state index contributed by atoms with van der Waals surface area (Å²) in [6.07, 6.45) is 0.361. The van der Waals surface area contributed by atoms with Gasteiger partial charge in [-0.2, -0.15) is 5.10 Å². The van der Waals surface area contributed by atoms with E-state index in [4.69, 9.17) is 4.74 Å². The summed E-state index contributed by atoms with van der Waals surface area (Å²) in [6.45, 7) is 2.84. The molecular formula is C17H20N4O3. The van der Waals surface area contributed by atoms with Crippen molar-refractivity contribution in [2.24, 2.45) is 0 Å². The number of amides is 2. The van der Waals surface area contributed by atoms with Crippen molar-refractivity contribution in [3.63, 3.8) is 0 Å². The van der Waals surface area contributed by atoms with Gasteiger partial charge in [0, 0.05) is 19.0 Å². The Morgan fingerprint density at radius 3 is 2.79 bits per heavy atom. The Morgan fingerprint density at radius 1 is 1.33 bits per heavy atom. The van der Waals surface area contributed by atoms with E-state index in [9.17, 15) is 9.59 Å². The predicted octanol–water partition coefficient (Wildman–Crippen LogP) is 1.25. The first-order chi connectivity index (χ1) is 11.6. The highest BCUT2D eigenvalue weighted by Crippen LogP contribution is 2.22. The van der Waals surface area contributed by atoms with Gasteiger partial charge in [0.15, 0.2) is 0 Å². The van der Waals surface area contributed by atoms with Crippen molar-refractivity contribution >= 4 is 17.6 Å². The number of hydrogen-bond donors (Lipinski definition) is 1. The lowest BCUT2D eigenvalue weighted by atomic mass is 10.2. The van der Waals surface area contributed by atoms with Crippen LogP contribution in [0.5, 0.6) is 5.75 Å². The second kappa shape index (κ2) is 6.74. The zero-order valence-corrected chi connectivity index (χ0v) is 13.8. The van der Waals surface area contributed by atoms with E-state index in [1.807, 2.05) is 37.3 Å². The Morgan fingerprint density at radius 2 is 2.08 bits per heavy atom. The number of carbonyl (C=O) groups excluding carboxylic acids is 2. The molecule has 126 valence electrons. The summed E-state index contributed by atoms with van der Waals surface area (Å²) >= 11 is 0. The van der Waals surface area contributed by atoms with Gasteiger partial charge in [0.05, 0.1) is 19.3 Å². The van der Waals surface area contributed by atoms with Crippen LogP contribution in [0.25, 0.3) is 0 Å². The molecule has 1 aliphatic rings.